The molecule has 1 amide bonds. The van der Waals surface area contributed by atoms with E-state index in [0.29, 0.717) is 6.42 Å². The molecule has 104 valence electrons. The smallest absolute Gasteiger partial charge is 0.266 e. The van der Waals surface area contributed by atoms with E-state index in [-0.39, 0.29) is 18.0 Å². The third-order valence-electron chi connectivity index (χ3n) is 3.37. The molecular formula is C14H16N4OS. The SMILES string of the molecule is Cn1ccsc1=NC(=O)C1CC(c2ccccc2)NN1. The van der Waals surface area contributed by atoms with Crippen molar-refractivity contribution >= 4 is 17.2 Å². The first-order valence-corrected chi connectivity index (χ1v) is 7.37. The molecule has 2 N–H and O–H groups in total. The Balaban J connectivity index is 1.72. The summed E-state index contributed by atoms with van der Waals surface area (Å²) in [5.74, 6) is -0.131. The van der Waals surface area contributed by atoms with Crippen molar-refractivity contribution in [1.29, 1.82) is 0 Å². The lowest BCUT2D eigenvalue weighted by molar-refractivity contribution is -0.119. The number of hydrogen-bond acceptors (Lipinski definition) is 4. The highest BCUT2D eigenvalue weighted by molar-refractivity contribution is 7.07. The first kappa shape index (κ1) is 13.2. The predicted molar refractivity (Wildman–Crippen MR) is 77.7 cm³/mol. The van der Waals surface area contributed by atoms with Gasteiger partial charge in [-0.3, -0.25) is 4.79 Å². The van der Waals surface area contributed by atoms with Crippen LogP contribution in [0.5, 0.6) is 0 Å². The molecule has 6 heteroatoms. The van der Waals surface area contributed by atoms with Gasteiger partial charge in [-0.25, -0.2) is 10.9 Å². The van der Waals surface area contributed by atoms with Crippen LogP contribution >= 0.6 is 11.3 Å². The van der Waals surface area contributed by atoms with Gasteiger partial charge in [0.05, 0.1) is 0 Å². The summed E-state index contributed by atoms with van der Waals surface area (Å²) < 4.78 is 1.85. The van der Waals surface area contributed by atoms with Crippen LogP contribution in [0, 0.1) is 0 Å². The second kappa shape index (κ2) is 5.70. The van der Waals surface area contributed by atoms with Crippen LogP contribution in [-0.2, 0) is 11.8 Å². The Hall–Kier alpha value is -1.76. The summed E-state index contributed by atoms with van der Waals surface area (Å²) in [4.78, 5) is 17.1. The Morgan fingerprint density at radius 2 is 2.15 bits per heavy atom. The number of hydrazine groups is 1. The molecule has 1 saturated heterocycles. The average Bonchev–Trinajstić information content (AvgIpc) is 3.10. The number of carbonyl (C=O) groups excluding carboxylic acids is 1. The molecule has 2 unspecified atom stereocenters. The van der Waals surface area contributed by atoms with Crippen LogP contribution < -0.4 is 15.7 Å². The van der Waals surface area contributed by atoms with Gasteiger partial charge in [-0.2, -0.15) is 4.99 Å². The number of nitrogens with one attached hydrogen (secondary N) is 2. The summed E-state index contributed by atoms with van der Waals surface area (Å²) >= 11 is 1.46. The third kappa shape index (κ3) is 2.72. The first-order valence-electron chi connectivity index (χ1n) is 6.49. The number of carbonyl (C=O) groups is 1. The molecule has 2 atom stereocenters. The van der Waals surface area contributed by atoms with Gasteiger partial charge < -0.3 is 4.57 Å². The van der Waals surface area contributed by atoms with E-state index in [4.69, 9.17) is 0 Å². The maximum atomic E-state index is 12.2. The Morgan fingerprint density at radius 1 is 1.35 bits per heavy atom. The van der Waals surface area contributed by atoms with Crippen molar-refractivity contribution in [2.45, 2.75) is 18.5 Å². The zero-order chi connectivity index (χ0) is 13.9. The van der Waals surface area contributed by atoms with Crippen molar-refractivity contribution in [2.24, 2.45) is 12.0 Å². The summed E-state index contributed by atoms with van der Waals surface area (Å²) in [5, 5.41) is 1.92. The van der Waals surface area contributed by atoms with Gasteiger partial charge in [0.2, 0.25) is 0 Å². The van der Waals surface area contributed by atoms with Crippen molar-refractivity contribution in [1.82, 2.24) is 15.4 Å². The van der Waals surface area contributed by atoms with Gasteiger partial charge in [-0.1, -0.05) is 30.3 Å². The van der Waals surface area contributed by atoms with Crippen molar-refractivity contribution in [2.75, 3.05) is 0 Å². The van der Waals surface area contributed by atoms with Crippen LogP contribution in [0.15, 0.2) is 46.9 Å². The molecule has 1 aliphatic rings. The fourth-order valence-corrected chi connectivity index (χ4v) is 2.96. The molecule has 0 saturated carbocycles. The van der Waals surface area contributed by atoms with Gasteiger partial charge in [-0.15, -0.1) is 11.3 Å². The van der Waals surface area contributed by atoms with Gasteiger partial charge in [0, 0.05) is 24.7 Å². The molecule has 1 aromatic carbocycles. The van der Waals surface area contributed by atoms with Crippen molar-refractivity contribution in [3.8, 4) is 0 Å². The standard InChI is InChI=1S/C14H16N4OS/c1-18-7-8-20-14(18)15-13(19)12-9-11(16-17-12)10-5-3-2-4-6-10/h2-8,11-12,16-17H,9H2,1H3. The maximum absolute atomic E-state index is 12.2. The van der Waals surface area contributed by atoms with Gasteiger partial charge in [0.1, 0.15) is 6.04 Å². The van der Waals surface area contributed by atoms with Crippen LogP contribution in [-0.4, -0.2) is 16.5 Å². The van der Waals surface area contributed by atoms with Crippen molar-refractivity contribution in [3.05, 3.63) is 52.3 Å². The molecule has 5 nitrogen and oxygen atoms in total. The van der Waals surface area contributed by atoms with E-state index in [2.05, 4.69) is 28.0 Å². The summed E-state index contributed by atoms with van der Waals surface area (Å²) in [6.45, 7) is 0. The molecule has 0 bridgehead atoms. The number of aromatic nitrogens is 1. The second-order valence-corrected chi connectivity index (χ2v) is 5.66. The molecule has 1 aromatic heterocycles. The normalized spacial score (nSPS) is 23.1. The van der Waals surface area contributed by atoms with E-state index in [1.807, 2.05) is 41.4 Å². The number of amides is 1. The summed E-state index contributed by atoms with van der Waals surface area (Å²) in [6, 6.07) is 9.98. The fourth-order valence-electron chi connectivity index (χ4n) is 2.23. The number of hydrogen-bond donors (Lipinski definition) is 2. The summed E-state index contributed by atoms with van der Waals surface area (Å²) in [7, 11) is 1.88. The molecular weight excluding hydrogens is 272 g/mol. The summed E-state index contributed by atoms with van der Waals surface area (Å²) in [5.41, 5.74) is 7.38. The Bertz CT molecular complexity index is 661. The molecule has 1 fully saturated rings. The van der Waals surface area contributed by atoms with Crippen LogP contribution in [0.3, 0.4) is 0 Å². The highest BCUT2D eigenvalue weighted by Gasteiger charge is 2.29. The fraction of sp³-hybridized carbons (Fsp3) is 0.286. The number of benzene rings is 1. The average molecular weight is 288 g/mol. The Labute approximate surface area is 121 Å². The van der Waals surface area contributed by atoms with Crippen LogP contribution in [0.1, 0.15) is 18.0 Å². The Morgan fingerprint density at radius 3 is 2.85 bits per heavy atom. The molecule has 3 rings (SSSR count). The zero-order valence-electron chi connectivity index (χ0n) is 11.1. The first-order chi connectivity index (χ1) is 9.74. The number of nitrogens with zero attached hydrogens (tertiary/aromatic N) is 2. The topological polar surface area (TPSA) is 58.4 Å². The minimum atomic E-state index is -0.276. The van der Waals surface area contributed by atoms with Crippen molar-refractivity contribution < 1.29 is 4.79 Å². The van der Waals surface area contributed by atoms with E-state index >= 15 is 0 Å². The van der Waals surface area contributed by atoms with Crippen LogP contribution in [0.4, 0.5) is 0 Å². The molecule has 0 radical (unpaired) electrons. The second-order valence-electron chi connectivity index (χ2n) is 4.79. The van der Waals surface area contributed by atoms with Crippen LogP contribution in [0.25, 0.3) is 0 Å². The lowest BCUT2D eigenvalue weighted by Gasteiger charge is -2.08. The highest BCUT2D eigenvalue weighted by atomic mass is 32.1. The minimum Gasteiger partial charge on any atom is -0.327 e. The molecule has 2 heterocycles. The lowest BCUT2D eigenvalue weighted by Crippen LogP contribution is -2.36. The van der Waals surface area contributed by atoms with E-state index in [1.54, 1.807) is 0 Å². The predicted octanol–water partition coefficient (Wildman–Crippen LogP) is 1.12. The molecule has 0 aliphatic carbocycles. The minimum absolute atomic E-state index is 0.131. The summed E-state index contributed by atoms with van der Waals surface area (Å²) in [6.07, 6.45) is 2.60. The largest absolute Gasteiger partial charge is 0.327 e. The molecule has 20 heavy (non-hydrogen) atoms. The molecule has 1 aliphatic heterocycles. The van der Waals surface area contributed by atoms with Crippen LogP contribution in [0.2, 0.25) is 0 Å². The number of rotatable bonds is 2. The van der Waals surface area contributed by atoms with E-state index in [9.17, 15) is 4.79 Å². The van der Waals surface area contributed by atoms with Gasteiger partial charge in [0.15, 0.2) is 4.80 Å². The molecule has 2 aromatic rings. The third-order valence-corrected chi connectivity index (χ3v) is 4.22. The zero-order valence-corrected chi connectivity index (χ0v) is 11.9. The lowest BCUT2D eigenvalue weighted by atomic mass is 10.0. The number of aryl methyl sites for hydroxylation is 1. The van der Waals surface area contributed by atoms with E-state index in [1.165, 1.54) is 16.9 Å². The monoisotopic (exact) mass is 288 g/mol. The van der Waals surface area contributed by atoms with E-state index in [0.717, 1.165) is 4.80 Å². The van der Waals surface area contributed by atoms with Gasteiger partial charge in [-0.05, 0) is 12.0 Å². The Kier molecular flexibility index (Phi) is 3.77. The van der Waals surface area contributed by atoms with Crippen molar-refractivity contribution in [3.63, 3.8) is 0 Å². The maximum Gasteiger partial charge on any atom is 0.266 e. The molecule has 0 spiro atoms. The van der Waals surface area contributed by atoms with Gasteiger partial charge >= 0.3 is 0 Å². The highest BCUT2D eigenvalue weighted by Crippen LogP contribution is 2.22. The van der Waals surface area contributed by atoms with E-state index < -0.39 is 0 Å². The number of thiazole rings is 1. The van der Waals surface area contributed by atoms with Gasteiger partial charge in [0.25, 0.3) is 5.91 Å². The quantitative estimate of drug-likeness (QED) is 0.871.